The van der Waals surface area contributed by atoms with Gasteiger partial charge in [-0.1, -0.05) is 61.9 Å². The van der Waals surface area contributed by atoms with Gasteiger partial charge in [0.25, 0.3) is 10.1 Å². The zero-order valence-electron chi connectivity index (χ0n) is 11.5. The van der Waals surface area contributed by atoms with Gasteiger partial charge in [0, 0.05) is 5.56 Å². The van der Waals surface area contributed by atoms with Crippen molar-refractivity contribution >= 4 is 10.1 Å². The molecule has 0 atom stereocenters. The summed E-state index contributed by atoms with van der Waals surface area (Å²) in [4.78, 5) is 0.224. The van der Waals surface area contributed by atoms with Crippen LogP contribution in [0, 0.1) is 0 Å². The van der Waals surface area contributed by atoms with Gasteiger partial charge in [-0.25, -0.2) is 0 Å². The second kappa shape index (κ2) is 6.68. The number of benzene rings is 2. The first-order valence-electron chi connectivity index (χ1n) is 6.69. The monoisotopic (exact) mass is 290 g/mol. The largest absolute Gasteiger partial charge is 0.297 e. The van der Waals surface area contributed by atoms with E-state index in [2.05, 4.69) is 0 Å². The first-order chi connectivity index (χ1) is 9.65. The van der Waals surface area contributed by atoms with Gasteiger partial charge in [-0.15, -0.1) is 0 Å². The Kier molecular flexibility index (Phi) is 4.93. The van der Waals surface area contributed by atoms with Crippen LogP contribution in [0.1, 0.15) is 19.8 Å². The second-order valence-electron chi connectivity index (χ2n) is 4.49. The molecular weight excluding hydrogens is 272 g/mol. The Hall–Kier alpha value is -1.65. The first kappa shape index (κ1) is 14.8. The van der Waals surface area contributed by atoms with Crippen molar-refractivity contribution in [2.75, 3.05) is 6.61 Å². The summed E-state index contributed by atoms with van der Waals surface area (Å²) in [6.07, 6.45) is 1.63. The molecule has 0 amide bonds. The Morgan fingerprint density at radius 2 is 1.60 bits per heavy atom. The fourth-order valence-corrected chi connectivity index (χ4v) is 3.08. The molecule has 3 nitrogen and oxygen atoms in total. The molecule has 0 aliphatic carbocycles. The van der Waals surface area contributed by atoms with Gasteiger partial charge in [0.05, 0.1) is 6.61 Å². The average molecular weight is 290 g/mol. The van der Waals surface area contributed by atoms with Crippen molar-refractivity contribution in [3.63, 3.8) is 0 Å². The lowest BCUT2D eigenvalue weighted by Gasteiger charge is -2.10. The van der Waals surface area contributed by atoms with Crippen LogP contribution >= 0.6 is 0 Å². The van der Waals surface area contributed by atoms with Crippen LogP contribution in [0.5, 0.6) is 0 Å². The van der Waals surface area contributed by atoms with Crippen LogP contribution < -0.4 is 0 Å². The van der Waals surface area contributed by atoms with Crippen LogP contribution in [0.15, 0.2) is 59.5 Å². The lowest BCUT2D eigenvalue weighted by Crippen LogP contribution is -2.08. The van der Waals surface area contributed by atoms with E-state index in [1.54, 1.807) is 18.2 Å². The molecule has 0 heterocycles. The van der Waals surface area contributed by atoms with Crippen molar-refractivity contribution < 1.29 is 12.6 Å². The molecule has 0 fully saturated rings. The summed E-state index contributed by atoms with van der Waals surface area (Å²) in [5.74, 6) is 0. The molecule has 0 aliphatic rings. The average Bonchev–Trinajstić information content (AvgIpc) is 2.48. The third-order valence-electron chi connectivity index (χ3n) is 2.98. The van der Waals surface area contributed by atoms with Gasteiger partial charge >= 0.3 is 0 Å². The molecule has 0 aliphatic heterocycles. The van der Waals surface area contributed by atoms with Crippen molar-refractivity contribution in [3.05, 3.63) is 54.6 Å². The standard InChI is InChI=1S/C16H18O3S/c1-2-3-13-19-20(17,18)16-12-8-7-11-15(16)14-9-5-4-6-10-14/h4-12H,2-3,13H2,1H3. The molecule has 0 radical (unpaired) electrons. The Morgan fingerprint density at radius 1 is 0.950 bits per heavy atom. The molecule has 2 rings (SSSR count). The topological polar surface area (TPSA) is 43.4 Å². The number of unbranched alkanes of at least 4 members (excludes halogenated alkanes) is 1. The molecule has 0 aromatic heterocycles. The van der Waals surface area contributed by atoms with E-state index in [0.717, 1.165) is 18.4 Å². The molecule has 0 saturated carbocycles. The van der Waals surface area contributed by atoms with Gasteiger partial charge in [0.15, 0.2) is 0 Å². The summed E-state index contributed by atoms with van der Waals surface area (Å²) in [6, 6.07) is 16.4. The Labute approximate surface area is 120 Å². The van der Waals surface area contributed by atoms with E-state index in [1.165, 1.54) is 0 Å². The smallest absolute Gasteiger partial charge is 0.266 e. The van der Waals surface area contributed by atoms with Crippen molar-refractivity contribution in [2.24, 2.45) is 0 Å². The van der Waals surface area contributed by atoms with Crippen molar-refractivity contribution in [3.8, 4) is 11.1 Å². The van der Waals surface area contributed by atoms with Crippen molar-refractivity contribution in [1.29, 1.82) is 0 Å². The maximum atomic E-state index is 12.3. The SMILES string of the molecule is CCCCOS(=O)(=O)c1ccccc1-c1ccccc1. The zero-order chi connectivity index (χ0) is 14.4. The quantitative estimate of drug-likeness (QED) is 0.599. The van der Waals surface area contributed by atoms with Gasteiger partial charge in [-0.3, -0.25) is 4.18 Å². The van der Waals surface area contributed by atoms with Crippen molar-refractivity contribution in [2.45, 2.75) is 24.7 Å². The Morgan fingerprint density at radius 3 is 2.30 bits per heavy atom. The van der Waals surface area contributed by atoms with Gasteiger partial charge in [0.2, 0.25) is 0 Å². The van der Waals surface area contributed by atoms with Crippen LogP contribution in [-0.2, 0) is 14.3 Å². The maximum absolute atomic E-state index is 12.3. The third-order valence-corrected chi connectivity index (χ3v) is 4.35. The van der Waals surface area contributed by atoms with Gasteiger partial charge < -0.3 is 0 Å². The number of rotatable bonds is 6. The summed E-state index contributed by atoms with van der Waals surface area (Å²) >= 11 is 0. The van der Waals surface area contributed by atoms with Crippen LogP contribution in [0.4, 0.5) is 0 Å². The van der Waals surface area contributed by atoms with E-state index >= 15 is 0 Å². The highest BCUT2D eigenvalue weighted by Gasteiger charge is 2.19. The summed E-state index contributed by atoms with van der Waals surface area (Å²) in [5.41, 5.74) is 1.54. The molecule has 2 aromatic carbocycles. The molecule has 4 heteroatoms. The molecule has 0 unspecified atom stereocenters. The van der Waals surface area contributed by atoms with E-state index in [9.17, 15) is 8.42 Å². The predicted octanol–water partition coefficient (Wildman–Crippen LogP) is 3.86. The molecule has 106 valence electrons. The van der Waals surface area contributed by atoms with E-state index in [1.807, 2.05) is 43.3 Å². The molecule has 2 aromatic rings. The van der Waals surface area contributed by atoms with E-state index in [0.29, 0.717) is 5.56 Å². The molecule has 20 heavy (non-hydrogen) atoms. The summed E-state index contributed by atoms with van der Waals surface area (Å²) in [6.45, 7) is 2.22. The van der Waals surface area contributed by atoms with Crippen LogP contribution in [-0.4, -0.2) is 15.0 Å². The lowest BCUT2D eigenvalue weighted by molar-refractivity contribution is 0.311. The van der Waals surface area contributed by atoms with E-state index in [4.69, 9.17) is 4.18 Å². The second-order valence-corrected chi connectivity index (χ2v) is 6.08. The van der Waals surface area contributed by atoms with Crippen LogP contribution in [0.3, 0.4) is 0 Å². The first-order valence-corrected chi connectivity index (χ1v) is 8.10. The normalized spacial score (nSPS) is 11.4. The highest BCUT2D eigenvalue weighted by Crippen LogP contribution is 2.28. The molecule has 0 N–H and O–H groups in total. The summed E-state index contributed by atoms with van der Waals surface area (Å²) < 4.78 is 29.6. The van der Waals surface area contributed by atoms with E-state index in [-0.39, 0.29) is 11.5 Å². The number of hydrogen-bond acceptors (Lipinski definition) is 3. The Bertz CT molecular complexity index is 648. The highest BCUT2D eigenvalue weighted by atomic mass is 32.2. The van der Waals surface area contributed by atoms with E-state index < -0.39 is 10.1 Å². The molecule has 0 bridgehead atoms. The van der Waals surface area contributed by atoms with Gasteiger partial charge in [-0.05, 0) is 18.1 Å². The molecule has 0 spiro atoms. The highest BCUT2D eigenvalue weighted by molar-refractivity contribution is 7.87. The number of hydrogen-bond donors (Lipinski definition) is 0. The minimum absolute atomic E-state index is 0.224. The molecular formula is C16H18O3S. The van der Waals surface area contributed by atoms with Crippen LogP contribution in [0.2, 0.25) is 0 Å². The van der Waals surface area contributed by atoms with Crippen LogP contribution in [0.25, 0.3) is 11.1 Å². The third kappa shape index (κ3) is 3.46. The van der Waals surface area contributed by atoms with Gasteiger partial charge in [-0.2, -0.15) is 8.42 Å². The summed E-state index contributed by atoms with van der Waals surface area (Å²) in [5, 5.41) is 0. The summed E-state index contributed by atoms with van der Waals surface area (Å²) in [7, 11) is -3.71. The lowest BCUT2D eigenvalue weighted by atomic mass is 10.1. The minimum atomic E-state index is -3.71. The zero-order valence-corrected chi connectivity index (χ0v) is 12.3. The van der Waals surface area contributed by atoms with Crippen molar-refractivity contribution in [1.82, 2.24) is 0 Å². The molecule has 0 saturated heterocycles. The fourth-order valence-electron chi connectivity index (χ4n) is 1.92. The maximum Gasteiger partial charge on any atom is 0.297 e. The van der Waals surface area contributed by atoms with Gasteiger partial charge in [0.1, 0.15) is 4.90 Å². The Balaban J connectivity index is 2.38. The minimum Gasteiger partial charge on any atom is -0.266 e. The predicted molar refractivity (Wildman–Crippen MR) is 79.9 cm³/mol. The fraction of sp³-hybridized carbons (Fsp3) is 0.250.